The molecule has 1 heterocycles. The maximum atomic E-state index is 12.9. The Labute approximate surface area is 149 Å². The third kappa shape index (κ3) is 5.91. The fraction of sp³-hybridized carbons (Fsp3) is 0.263. The van der Waals surface area contributed by atoms with E-state index in [1.165, 1.54) is 6.07 Å². The summed E-state index contributed by atoms with van der Waals surface area (Å²) in [5.74, 6) is 0. The van der Waals surface area contributed by atoms with Crippen LogP contribution in [0.5, 0.6) is 0 Å². The maximum absolute atomic E-state index is 12.9. The Kier molecular flexibility index (Phi) is 6.38. The number of aromatic nitrogens is 1. The molecule has 0 aliphatic rings. The first-order valence-electron chi connectivity index (χ1n) is 7.92. The highest BCUT2D eigenvalue weighted by molar-refractivity contribution is 5.84. The molecule has 26 heavy (non-hydrogen) atoms. The molecular formula is C19H18F3N2O2. The number of hydrogen-bond acceptors (Lipinski definition) is 3. The van der Waals surface area contributed by atoms with E-state index >= 15 is 0 Å². The van der Waals surface area contributed by atoms with E-state index < -0.39 is 18.0 Å². The zero-order chi connectivity index (χ0) is 19.2. The fourth-order valence-corrected chi connectivity index (χ4v) is 2.16. The molecule has 1 N–H and O–H groups in total. The number of hydrogen-bond donors (Lipinski definition) is 1. The van der Waals surface area contributed by atoms with Crippen molar-refractivity contribution in [1.82, 2.24) is 4.98 Å². The van der Waals surface area contributed by atoms with E-state index in [-0.39, 0.29) is 18.1 Å². The maximum Gasteiger partial charge on any atom is 0.433 e. The van der Waals surface area contributed by atoms with Crippen LogP contribution in [0, 0.1) is 6.07 Å². The number of anilines is 1. The van der Waals surface area contributed by atoms with Gasteiger partial charge in [-0.2, -0.15) is 13.2 Å². The molecule has 1 aromatic heterocycles. The van der Waals surface area contributed by atoms with E-state index in [0.29, 0.717) is 5.69 Å². The molecule has 2 aromatic rings. The van der Waals surface area contributed by atoms with Crippen molar-refractivity contribution in [2.75, 3.05) is 5.32 Å². The number of allylic oxidation sites excluding steroid dienone is 1. The van der Waals surface area contributed by atoms with Crippen LogP contribution in [0.1, 0.15) is 30.7 Å². The van der Waals surface area contributed by atoms with Crippen molar-refractivity contribution in [2.24, 2.45) is 0 Å². The summed E-state index contributed by atoms with van der Waals surface area (Å²) >= 11 is 0. The van der Waals surface area contributed by atoms with Gasteiger partial charge in [0.15, 0.2) is 0 Å². The number of alkyl halides is 3. The van der Waals surface area contributed by atoms with Gasteiger partial charge in [-0.05, 0) is 49.6 Å². The number of carbonyl (C=O) groups excluding carboxylic acids is 1. The Hall–Kier alpha value is -2.83. The largest absolute Gasteiger partial charge is 0.447 e. The van der Waals surface area contributed by atoms with Crippen molar-refractivity contribution < 1.29 is 22.7 Å². The third-order valence-corrected chi connectivity index (χ3v) is 3.25. The molecule has 1 aromatic carbocycles. The minimum absolute atomic E-state index is 0.0611. The van der Waals surface area contributed by atoms with E-state index in [1.54, 1.807) is 50.3 Å². The lowest BCUT2D eigenvalue weighted by Gasteiger charge is -2.10. The molecule has 0 saturated carbocycles. The van der Waals surface area contributed by atoms with Gasteiger partial charge < -0.3 is 4.74 Å². The highest BCUT2D eigenvalue weighted by Gasteiger charge is 2.34. The summed E-state index contributed by atoms with van der Waals surface area (Å²) in [6.45, 7) is 3.50. The molecule has 1 radical (unpaired) electrons. The Morgan fingerprint density at radius 3 is 2.62 bits per heavy atom. The van der Waals surface area contributed by atoms with E-state index in [2.05, 4.69) is 16.4 Å². The van der Waals surface area contributed by atoms with Gasteiger partial charge in [0.1, 0.15) is 5.69 Å². The first-order valence-corrected chi connectivity index (χ1v) is 7.92. The number of nitrogens with zero attached hydrogens (tertiary/aromatic N) is 1. The van der Waals surface area contributed by atoms with Crippen molar-refractivity contribution in [2.45, 2.75) is 32.5 Å². The number of ether oxygens (including phenoxy) is 1. The van der Waals surface area contributed by atoms with Gasteiger partial charge in [0, 0.05) is 18.0 Å². The van der Waals surface area contributed by atoms with Gasteiger partial charge in [0.2, 0.25) is 0 Å². The SMILES string of the molecule is CC(C)OC(=O)Nc1ccc(C=CCc2c[c]cnc2C(F)(F)F)cc1. The normalized spacial score (nSPS) is 11.8. The average Bonchev–Trinajstić information content (AvgIpc) is 2.55. The quantitative estimate of drug-likeness (QED) is 0.803. The second-order valence-electron chi connectivity index (χ2n) is 5.75. The summed E-state index contributed by atoms with van der Waals surface area (Å²) in [6, 6.07) is 10.7. The number of amides is 1. The highest BCUT2D eigenvalue weighted by atomic mass is 19.4. The van der Waals surface area contributed by atoms with Crippen LogP contribution >= 0.6 is 0 Å². The number of rotatable bonds is 5. The predicted molar refractivity (Wildman–Crippen MR) is 92.5 cm³/mol. The Morgan fingerprint density at radius 2 is 2.00 bits per heavy atom. The number of carbonyl (C=O) groups is 1. The Balaban J connectivity index is 1.99. The molecule has 7 heteroatoms. The van der Waals surface area contributed by atoms with Gasteiger partial charge in [0.05, 0.1) is 6.10 Å². The minimum atomic E-state index is -4.49. The molecule has 0 bridgehead atoms. The second-order valence-corrected chi connectivity index (χ2v) is 5.75. The lowest BCUT2D eigenvalue weighted by molar-refractivity contribution is -0.141. The van der Waals surface area contributed by atoms with Crippen molar-refractivity contribution >= 4 is 17.9 Å². The molecule has 2 rings (SSSR count). The number of pyridine rings is 1. The second kappa shape index (κ2) is 8.51. The van der Waals surface area contributed by atoms with Gasteiger partial charge in [-0.15, -0.1) is 0 Å². The zero-order valence-corrected chi connectivity index (χ0v) is 14.3. The molecule has 0 fully saturated rings. The molecule has 137 valence electrons. The molecule has 4 nitrogen and oxygen atoms in total. The van der Waals surface area contributed by atoms with E-state index in [4.69, 9.17) is 4.74 Å². The summed E-state index contributed by atoms with van der Waals surface area (Å²) in [5, 5.41) is 2.58. The molecule has 0 saturated heterocycles. The van der Waals surface area contributed by atoms with E-state index in [1.807, 2.05) is 0 Å². The number of benzene rings is 1. The summed E-state index contributed by atoms with van der Waals surface area (Å²) < 4.78 is 43.6. The van der Waals surface area contributed by atoms with Gasteiger partial charge in [0.25, 0.3) is 0 Å². The molecule has 0 atom stereocenters. The third-order valence-electron chi connectivity index (χ3n) is 3.25. The summed E-state index contributed by atoms with van der Waals surface area (Å²) in [4.78, 5) is 14.9. The van der Waals surface area contributed by atoms with Crippen LogP contribution in [0.4, 0.5) is 23.7 Å². The van der Waals surface area contributed by atoms with Gasteiger partial charge in [-0.25, -0.2) is 4.79 Å². The zero-order valence-electron chi connectivity index (χ0n) is 14.3. The van der Waals surface area contributed by atoms with Gasteiger partial charge in [-0.1, -0.05) is 24.3 Å². The van der Waals surface area contributed by atoms with Crippen LogP contribution in [0.25, 0.3) is 6.08 Å². The average molecular weight is 363 g/mol. The van der Waals surface area contributed by atoms with Crippen molar-refractivity contribution in [3.05, 3.63) is 65.5 Å². The monoisotopic (exact) mass is 363 g/mol. The summed E-state index contributed by atoms with van der Waals surface area (Å²) in [7, 11) is 0. The van der Waals surface area contributed by atoms with Crippen LogP contribution in [-0.4, -0.2) is 17.2 Å². The molecule has 0 spiro atoms. The molecule has 0 aliphatic heterocycles. The fourth-order valence-electron chi connectivity index (χ4n) is 2.16. The summed E-state index contributed by atoms with van der Waals surface area (Å²) in [6.07, 6.45) is -0.847. The van der Waals surface area contributed by atoms with Crippen LogP contribution in [0.3, 0.4) is 0 Å². The van der Waals surface area contributed by atoms with E-state index in [9.17, 15) is 18.0 Å². The van der Waals surface area contributed by atoms with Crippen LogP contribution in [0.2, 0.25) is 0 Å². The predicted octanol–water partition coefficient (Wildman–Crippen LogP) is 5.11. The topological polar surface area (TPSA) is 51.2 Å². The molecule has 0 aliphatic carbocycles. The number of nitrogens with one attached hydrogen (secondary N) is 1. The van der Waals surface area contributed by atoms with Gasteiger partial charge >= 0.3 is 12.3 Å². The smallest absolute Gasteiger partial charge is 0.433 e. The van der Waals surface area contributed by atoms with Crippen molar-refractivity contribution in [3.63, 3.8) is 0 Å². The molecule has 1 amide bonds. The molecular weight excluding hydrogens is 345 g/mol. The highest BCUT2D eigenvalue weighted by Crippen LogP contribution is 2.30. The first kappa shape index (κ1) is 19.5. The first-order chi connectivity index (χ1) is 12.3. The van der Waals surface area contributed by atoms with Crippen molar-refractivity contribution in [3.8, 4) is 0 Å². The van der Waals surface area contributed by atoms with Crippen LogP contribution < -0.4 is 5.32 Å². The van der Waals surface area contributed by atoms with Crippen LogP contribution in [-0.2, 0) is 17.3 Å². The van der Waals surface area contributed by atoms with E-state index in [0.717, 1.165) is 11.8 Å². The lowest BCUT2D eigenvalue weighted by Crippen LogP contribution is -2.17. The summed E-state index contributed by atoms with van der Waals surface area (Å²) in [5.41, 5.74) is 0.512. The van der Waals surface area contributed by atoms with Crippen LogP contribution in [0.15, 0.2) is 42.6 Å². The Morgan fingerprint density at radius 1 is 1.31 bits per heavy atom. The lowest BCUT2D eigenvalue weighted by atomic mass is 10.1. The Bertz CT molecular complexity index is 769. The number of halogens is 3. The molecule has 0 unspecified atom stereocenters. The van der Waals surface area contributed by atoms with Crippen molar-refractivity contribution in [1.29, 1.82) is 0 Å². The minimum Gasteiger partial charge on any atom is -0.447 e. The van der Waals surface area contributed by atoms with Gasteiger partial charge in [-0.3, -0.25) is 10.3 Å². The standard InChI is InChI=1S/C19H18F3N2O2/c1-13(2)26-18(25)24-16-10-8-14(9-11-16)5-3-6-15-7-4-12-23-17(15)19(20,21)22/h3,5,7-13H,6H2,1-2H3,(H,24,25).